The Morgan fingerprint density at radius 3 is 2.50 bits per heavy atom. The van der Waals surface area contributed by atoms with Crippen LogP contribution in [0.4, 0.5) is 11.4 Å². The molecule has 8 nitrogen and oxygen atoms in total. The zero-order valence-electron chi connectivity index (χ0n) is 21.1. The van der Waals surface area contributed by atoms with Crippen LogP contribution in [0.1, 0.15) is 51.5 Å². The summed E-state index contributed by atoms with van der Waals surface area (Å²) in [7, 11) is 5.11. The van der Waals surface area contributed by atoms with Crippen LogP contribution in [0.25, 0.3) is 0 Å². The second-order valence-electron chi connectivity index (χ2n) is 7.21. The summed E-state index contributed by atoms with van der Waals surface area (Å²) in [6, 6.07) is 5.70. The second-order valence-corrected chi connectivity index (χ2v) is 7.81. The lowest BCUT2D eigenvalue weighted by molar-refractivity contribution is -0.120. The van der Waals surface area contributed by atoms with E-state index in [-0.39, 0.29) is 12.0 Å². The number of carbonyl (C=O) groups is 3. The number of unbranched alkanes of at least 4 members (excludes halogenated alkanes) is 1. The van der Waals surface area contributed by atoms with Crippen molar-refractivity contribution in [3.8, 4) is 11.8 Å². The number of anilines is 2. The van der Waals surface area contributed by atoms with E-state index in [1.807, 2.05) is 39.1 Å². The number of nitrogens with zero attached hydrogens (tertiary/aromatic N) is 2. The van der Waals surface area contributed by atoms with E-state index in [1.165, 1.54) is 4.90 Å². The van der Waals surface area contributed by atoms with E-state index in [0.717, 1.165) is 55.6 Å². The number of benzene rings is 1. The molecule has 0 aliphatic carbocycles. The largest absolute Gasteiger partial charge is 0.365 e. The van der Waals surface area contributed by atoms with Crippen LogP contribution < -0.4 is 19.8 Å². The molecule has 1 heterocycles. The molecule has 0 spiro atoms. The van der Waals surface area contributed by atoms with Crippen LogP contribution in [-0.2, 0) is 19.1 Å². The number of hydrogen-bond acceptors (Lipinski definition) is 7. The summed E-state index contributed by atoms with van der Waals surface area (Å²) in [6.45, 7) is 6.40. The fraction of sp³-hybridized carbons (Fsp3) is 0.560. The molecule has 0 aromatic heterocycles. The summed E-state index contributed by atoms with van der Waals surface area (Å²) in [5.41, 5.74) is 2.36. The maximum atomic E-state index is 11.2. The first-order chi connectivity index (χ1) is 16.4. The molecule has 190 valence electrons. The Balaban J connectivity index is 0.000000836. The monoisotopic (exact) mass is 492 g/mol. The summed E-state index contributed by atoms with van der Waals surface area (Å²) in [5.74, 6) is 6.16. The Labute approximate surface area is 210 Å². The lowest BCUT2D eigenvalue weighted by Crippen LogP contribution is -2.32. The van der Waals surface area contributed by atoms with Crippen LogP contribution in [0.15, 0.2) is 18.2 Å². The Kier molecular flexibility index (Phi) is 18.4. The SMILES string of the molecule is CC.CN(S)c1cccc(C#CCOC2CCNCC2)c1N(C)C=O.CNC(=O)CCCC=O. The Bertz CT molecular complexity index is 787. The second kappa shape index (κ2) is 19.9. The molecule has 34 heavy (non-hydrogen) atoms. The summed E-state index contributed by atoms with van der Waals surface area (Å²) in [5, 5.41) is 5.78. The minimum absolute atomic E-state index is 0.00292. The smallest absolute Gasteiger partial charge is 0.219 e. The van der Waals surface area contributed by atoms with Gasteiger partial charge in [0.15, 0.2) is 0 Å². The highest BCUT2D eigenvalue weighted by atomic mass is 32.1. The molecule has 1 aromatic carbocycles. The molecule has 2 amide bonds. The van der Waals surface area contributed by atoms with Crippen molar-refractivity contribution in [3.63, 3.8) is 0 Å². The standard InChI is InChI=1S/C17H23N3O2S.C6H11NO2.C2H6/c1-19(13-21)17-14(5-3-7-16(17)20(2)23)6-4-12-22-15-8-10-18-11-9-15;1-7-6(9)4-2-3-5-8;1-2/h3,5,7,13,15,18,23H,8-12H2,1-2H3;5H,2-4H2,1H3,(H,7,9);1-2H3. The van der Waals surface area contributed by atoms with Gasteiger partial charge in [-0.3, -0.25) is 9.59 Å². The number of piperidine rings is 1. The van der Waals surface area contributed by atoms with Gasteiger partial charge in [0.05, 0.1) is 23.0 Å². The maximum absolute atomic E-state index is 11.2. The van der Waals surface area contributed by atoms with Crippen molar-refractivity contribution in [3.05, 3.63) is 23.8 Å². The van der Waals surface area contributed by atoms with E-state index in [1.54, 1.807) is 18.4 Å². The molecular weight excluding hydrogens is 452 g/mol. The van der Waals surface area contributed by atoms with Gasteiger partial charge >= 0.3 is 0 Å². The van der Waals surface area contributed by atoms with E-state index in [2.05, 4.69) is 35.3 Å². The van der Waals surface area contributed by atoms with Crippen molar-refractivity contribution in [1.29, 1.82) is 0 Å². The molecule has 2 N–H and O–H groups in total. The number of rotatable bonds is 9. The number of hydrogen-bond donors (Lipinski definition) is 3. The first-order valence-corrected chi connectivity index (χ1v) is 12.0. The van der Waals surface area contributed by atoms with Crippen molar-refractivity contribution in [2.24, 2.45) is 0 Å². The maximum Gasteiger partial charge on any atom is 0.219 e. The van der Waals surface area contributed by atoms with E-state index >= 15 is 0 Å². The van der Waals surface area contributed by atoms with Crippen LogP contribution in [0.3, 0.4) is 0 Å². The highest BCUT2D eigenvalue weighted by molar-refractivity contribution is 7.81. The van der Waals surface area contributed by atoms with Crippen molar-refractivity contribution < 1.29 is 19.1 Å². The van der Waals surface area contributed by atoms with Gasteiger partial charge in [-0.1, -0.05) is 44.6 Å². The molecule has 0 atom stereocenters. The van der Waals surface area contributed by atoms with Gasteiger partial charge in [0.25, 0.3) is 0 Å². The summed E-state index contributed by atoms with van der Waals surface area (Å²) in [4.78, 5) is 32.9. The third kappa shape index (κ3) is 12.6. The molecular formula is C25H40N4O4S. The van der Waals surface area contributed by atoms with E-state index in [4.69, 9.17) is 4.74 Å². The van der Waals surface area contributed by atoms with Gasteiger partial charge in [0, 0.05) is 34.0 Å². The van der Waals surface area contributed by atoms with Crippen molar-refractivity contribution in [2.45, 2.75) is 52.1 Å². The third-order valence-corrected chi connectivity index (χ3v) is 4.99. The zero-order valence-corrected chi connectivity index (χ0v) is 22.0. The first kappa shape index (κ1) is 31.5. The van der Waals surface area contributed by atoms with Crippen molar-refractivity contribution in [1.82, 2.24) is 10.6 Å². The van der Waals surface area contributed by atoms with Crippen LogP contribution in [0, 0.1) is 11.8 Å². The number of amides is 2. The number of nitrogens with one attached hydrogen (secondary N) is 2. The normalized spacial score (nSPS) is 12.4. The molecule has 1 fully saturated rings. The molecule has 1 aliphatic heterocycles. The Hall–Kier alpha value is -2.54. The van der Waals surface area contributed by atoms with Gasteiger partial charge in [0.2, 0.25) is 12.3 Å². The molecule has 1 aliphatic rings. The van der Waals surface area contributed by atoms with Gasteiger partial charge in [-0.25, -0.2) is 0 Å². The third-order valence-electron chi connectivity index (χ3n) is 4.78. The van der Waals surface area contributed by atoms with Crippen molar-refractivity contribution >= 4 is 42.8 Å². The summed E-state index contributed by atoms with van der Waals surface area (Å²) < 4.78 is 7.46. The number of aldehydes is 1. The van der Waals surface area contributed by atoms with Crippen LogP contribution >= 0.6 is 12.8 Å². The predicted molar refractivity (Wildman–Crippen MR) is 142 cm³/mol. The Morgan fingerprint density at radius 1 is 1.26 bits per heavy atom. The highest BCUT2D eigenvalue weighted by Crippen LogP contribution is 2.31. The fourth-order valence-corrected chi connectivity index (χ4v) is 3.20. The van der Waals surface area contributed by atoms with E-state index in [0.29, 0.717) is 25.9 Å². The average Bonchev–Trinajstić information content (AvgIpc) is 2.88. The van der Waals surface area contributed by atoms with Crippen molar-refractivity contribution in [2.75, 3.05) is 50.0 Å². The number of thiol groups is 1. The van der Waals surface area contributed by atoms with E-state index in [9.17, 15) is 14.4 Å². The highest BCUT2D eigenvalue weighted by Gasteiger charge is 2.14. The molecule has 1 aromatic rings. The quantitative estimate of drug-likeness (QED) is 0.213. The molecule has 0 radical (unpaired) electrons. The van der Waals surface area contributed by atoms with Gasteiger partial charge in [0.1, 0.15) is 12.9 Å². The van der Waals surface area contributed by atoms with Gasteiger partial charge in [-0.05, 0) is 44.5 Å². The average molecular weight is 493 g/mol. The zero-order chi connectivity index (χ0) is 25.8. The van der Waals surface area contributed by atoms with Gasteiger partial charge in [-0.15, -0.1) is 0 Å². The van der Waals surface area contributed by atoms with E-state index < -0.39 is 0 Å². The minimum atomic E-state index is -0.00292. The molecule has 2 rings (SSSR count). The predicted octanol–water partition coefficient (Wildman–Crippen LogP) is 2.81. The lowest BCUT2D eigenvalue weighted by Gasteiger charge is -2.22. The van der Waals surface area contributed by atoms with Crippen LogP contribution in [-0.4, -0.2) is 65.5 Å². The molecule has 9 heteroatoms. The Morgan fingerprint density at radius 2 is 1.94 bits per heavy atom. The lowest BCUT2D eigenvalue weighted by atomic mass is 10.1. The summed E-state index contributed by atoms with van der Waals surface area (Å²) >= 11 is 4.33. The molecule has 1 saturated heterocycles. The first-order valence-electron chi connectivity index (χ1n) is 11.6. The van der Waals surface area contributed by atoms with Gasteiger partial charge < -0.3 is 29.4 Å². The number of para-hydroxylation sites is 1. The van der Waals surface area contributed by atoms with Crippen LogP contribution in [0.2, 0.25) is 0 Å². The molecule has 0 saturated carbocycles. The topological polar surface area (TPSA) is 91.0 Å². The number of carbonyl (C=O) groups excluding carboxylic acids is 3. The van der Waals surface area contributed by atoms with Crippen LogP contribution in [0.5, 0.6) is 0 Å². The molecule has 0 bridgehead atoms. The fourth-order valence-electron chi connectivity index (χ4n) is 3.04. The van der Waals surface area contributed by atoms with Gasteiger partial charge in [-0.2, -0.15) is 0 Å². The minimum Gasteiger partial charge on any atom is -0.365 e. The summed E-state index contributed by atoms with van der Waals surface area (Å²) in [6.07, 6.45) is 5.53. The molecule has 0 unspecified atom stereocenters. The number of ether oxygens (including phenoxy) is 1.